The van der Waals surface area contributed by atoms with E-state index >= 15 is 0 Å². The van der Waals surface area contributed by atoms with Crippen LogP contribution >= 0.6 is 11.6 Å². The molecule has 0 aromatic heterocycles. The van der Waals surface area contributed by atoms with Crippen molar-refractivity contribution in [3.05, 3.63) is 64.7 Å². The fraction of sp³-hybridized carbons (Fsp3) is 0.350. The first-order valence-electron chi connectivity index (χ1n) is 8.43. The van der Waals surface area contributed by atoms with E-state index in [1.165, 1.54) is 0 Å². The van der Waals surface area contributed by atoms with Crippen molar-refractivity contribution in [2.75, 3.05) is 20.2 Å². The number of benzene rings is 2. The van der Waals surface area contributed by atoms with Crippen LogP contribution in [0.3, 0.4) is 0 Å². The van der Waals surface area contributed by atoms with Crippen LogP contribution in [0.2, 0.25) is 5.02 Å². The van der Waals surface area contributed by atoms with E-state index in [9.17, 15) is 4.79 Å². The molecular formula is C20H25ClN2O2. The Morgan fingerprint density at radius 3 is 2.60 bits per heavy atom. The molecule has 0 aliphatic carbocycles. The van der Waals surface area contributed by atoms with Gasteiger partial charge in [-0.25, -0.2) is 0 Å². The molecule has 0 heterocycles. The summed E-state index contributed by atoms with van der Waals surface area (Å²) in [7, 11) is 1.93. The van der Waals surface area contributed by atoms with Crippen molar-refractivity contribution in [1.82, 2.24) is 10.2 Å². The monoisotopic (exact) mass is 360 g/mol. The zero-order valence-electron chi connectivity index (χ0n) is 15.0. The molecule has 1 atom stereocenters. The number of ether oxygens (including phenoxy) is 1. The Labute approximate surface area is 154 Å². The van der Waals surface area contributed by atoms with E-state index in [1.807, 2.05) is 74.3 Å². The predicted octanol–water partition coefficient (Wildman–Crippen LogP) is 4.05. The molecule has 0 saturated heterocycles. The van der Waals surface area contributed by atoms with Gasteiger partial charge in [0.25, 0.3) is 0 Å². The van der Waals surface area contributed by atoms with Crippen molar-refractivity contribution in [1.29, 1.82) is 0 Å². The molecular weight excluding hydrogens is 336 g/mol. The lowest BCUT2D eigenvalue weighted by Crippen LogP contribution is -2.36. The van der Waals surface area contributed by atoms with Gasteiger partial charge in [0.2, 0.25) is 5.91 Å². The lowest BCUT2D eigenvalue weighted by atomic mass is 10.1. The second-order valence-corrected chi connectivity index (χ2v) is 6.53. The number of rotatable bonds is 8. The maximum atomic E-state index is 12.2. The molecule has 0 saturated carbocycles. The number of amides is 1. The standard InChI is InChI=1S/C20H25ClN2O2/c1-4-25-19-10-8-16(9-11-19)13-23(3)14-20(24)22-15(2)17-6-5-7-18(21)12-17/h5-12,15H,4,13-14H2,1-3H3,(H,22,24). The van der Waals surface area contributed by atoms with Crippen molar-refractivity contribution >= 4 is 17.5 Å². The molecule has 25 heavy (non-hydrogen) atoms. The molecule has 1 unspecified atom stereocenters. The van der Waals surface area contributed by atoms with Gasteiger partial charge in [0.1, 0.15) is 5.75 Å². The third-order valence-electron chi connectivity index (χ3n) is 3.83. The molecule has 1 N–H and O–H groups in total. The van der Waals surface area contributed by atoms with Gasteiger partial charge in [0.15, 0.2) is 0 Å². The number of likely N-dealkylation sites (N-methyl/N-ethyl adjacent to an activating group) is 1. The van der Waals surface area contributed by atoms with Crippen molar-refractivity contribution in [2.24, 2.45) is 0 Å². The van der Waals surface area contributed by atoms with Gasteiger partial charge in [0, 0.05) is 11.6 Å². The molecule has 0 aliphatic heterocycles. The number of hydrogen-bond donors (Lipinski definition) is 1. The average molecular weight is 361 g/mol. The lowest BCUT2D eigenvalue weighted by Gasteiger charge is -2.19. The van der Waals surface area contributed by atoms with Crippen LogP contribution < -0.4 is 10.1 Å². The molecule has 0 aliphatic rings. The molecule has 134 valence electrons. The third kappa shape index (κ3) is 6.40. The predicted molar refractivity (Wildman–Crippen MR) is 102 cm³/mol. The van der Waals surface area contributed by atoms with Crippen LogP contribution in [-0.4, -0.2) is 31.0 Å². The summed E-state index contributed by atoms with van der Waals surface area (Å²) in [5.41, 5.74) is 2.14. The van der Waals surface area contributed by atoms with Crippen LogP contribution in [0.1, 0.15) is 31.0 Å². The summed E-state index contributed by atoms with van der Waals surface area (Å²) in [6.45, 7) is 5.61. The molecule has 0 spiro atoms. The van der Waals surface area contributed by atoms with Gasteiger partial charge in [-0.2, -0.15) is 0 Å². The first kappa shape index (κ1) is 19.3. The van der Waals surface area contributed by atoms with Gasteiger partial charge < -0.3 is 10.1 Å². The van der Waals surface area contributed by atoms with Crippen LogP contribution in [0.4, 0.5) is 0 Å². The smallest absolute Gasteiger partial charge is 0.234 e. The molecule has 0 bridgehead atoms. The number of nitrogens with zero attached hydrogens (tertiary/aromatic N) is 1. The highest BCUT2D eigenvalue weighted by Crippen LogP contribution is 2.17. The molecule has 0 fully saturated rings. The summed E-state index contributed by atoms with van der Waals surface area (Å²) in [6.07, 6.45) is 0. The molecule has 2 aromatic rings. The largest absolute Gasteiger partial charge is 0.494 e. The van der Waals surface area contributed by atoms with Crippen molar-refractivity contribution in [3.8, 4) is 5.75 Å². The molecule has 5 heteroatoms. The van der Waals surface area contributed by atoms with E-state index in [0.29, 0.717) is 24.7 Å². The van der Waals surface area contributed by atoms with Gasteiger partial charge in [-0.05, 0) is 56.3 Å². The topological polar surface area (TPSA) is 41.6 Å². The van der Waals surface area contributed by atoms with E-state index in [-0.39, 0.29) is 11.9 Å². The van der Waals surface area contributed by atoms with Gasteiger partial charge in [-0.15, -0.1) is 0 Å². The first-order chi connectivity index (χ1) is 12.0. The fourth-order valence-corrected chi connectivity index (χ4v) is 2.82. The lowest BCUT2D eigenvalue weighted by molar-refractivity contribution is -0.122. The maximum absolute atomic E-state index is 12.2. The highest BCUT2D eigenvalue weighted by Gasteiger charge is 2.12. The highest BCUT2D eigenvalue weighted by molar-refractivity contribution is 6.30. The van der Waals surface area contributed by atoms with Crippen molar-refractivity contribution in [2.45, 2.75) is 26.4 Å². The summed E-state index contributed by atoms with van der Waals surface area (Å²) in [6, 6.07) is 15.4. The summed E-state index contributed by atoms with van der Waals surface area (Å²) in [5, 5.41) is 3.68. The third-order valence-corrected chi connectivity index (χ3v) is 4.06. The molecule has 0 radical (unpaired) electrons. The van der Waals surface area contributed by atoms with Gasteiger partial charge in [-0.3, -0.25) is 9.69 Å². The van der Waals surface area contributed by atoms with Crippen molar-refractivity contribution in [3.63, 3.8) is 0 Å². The van der Waals surface area contributed by atoms with Gasteiger partial charge in [0.05, 0.1) is 19.2 Å². The molecule has 2 rings (SSSR count). The zero-order valence-corrected chi connectivity index (χ0v) is 15.7. The Kier molecular flexibility index (Phi) is 7.29. The summed E-state index contributed by atoms with van der Waals surface area (Å²) >= 11 is 6.00. The molecule has 1 amide bonds. The minimum Gasteiger partial charge on any atom is -0.494 e. The van der Waals surface area contributed by atoms with Crippen LogP contribution in [0, 0.1) is 0 Å². The van der Waals surface area contributed by atoms with Crippen LogP contribution in [0.15, 0.2) is 48.5 Å². The van der Waals surface area contributed by atoms with E-state index in [0.717, 1.165) is 16.9 Å². The Hall–Kier alpha value is -2.04. The summed E-state index contributed by atoms with van der Waals surface area (Å²) < 4.78 is 5.44. The highest BCUT2D eigenvalue weighted by atomic mass is 35.5. The summed E-state index contributed by atoms with van der Waals surface area (Å²) in [5.74, 6) is 0.850. The van der Waals surface area contributed by atoms with Crippen LogP contribution in [0.25, 0.3) is 0 Å². The Bertz CT molecular complexity index is 688. The Morgan fingerprint density at radius 1 is 1.24 bits per heavy atom. The minimum atomic E-state index is -0.0786. The van der Waals surface area contributed by atoms with Gasteiger partial charge in [-0.1, -0.05) is 35.9 Å². The zero-order chi connectivity index (χ0) is 18.2. The van der Waals surface area contributed by atoms with E-state index < -0.39 is 0 Å². The van der Waals surface area contributed by atoms with E-state index in [2.05, 4.69) is 5.32 Å². The molecule has 2 aromatic carbocycles. The second-order valence-electron chi connectivity index (χ2n) is 6.09. The van der Waals surface area contributed by atoms with Crippen molar-refractivity contribution < 1.29 is 9.53 Å². The van der Waals surface area contributed by atoms with E-state index in [4.69, 9.17) is 16.3 Å². The fourth-order valence-electron chi connectivity index (χ4n) is 2.62. The SMILES string of the molecule is CCOc1ccc(CN(C)CC(=O)NC(C)c2cccc(Cl)c2)cc1. The number of halogens is 1. The number of carbonyl (C=O) groups excluding carboxylic acids is 1. The molecule has 4 nitrogen and oxygen atoms in total. The van der Waals surface area contributed by atoms with Crippen LogP contribution in [0.5, 0.6) is 5.75 Å². The normalized spacial score (nSPS) is 12.0. The quantitative estimate of drug-likeness (QED) is 0.772. The Morgan fingerprint density at radius 2 is 1.96 bits per heavy atom. The van der Waals surface area contributed by atoms with Crippen LogP contribution in [-0.2, 0) is 11.3 Å². The summed E-state index contributed by atoms with van der Waals surface area (Å²) in [4.78, 5) is 14.2. The average Bonchev–Trinajstić information content (AvgIpc) is 2.56. The first-order valence-corrected chi connectivity index (χ1v) is 8.81. The number of nitrogens with one attached hydrogen (secondary N) is 1. The number of carbonyl (C=O) groups is 1. The van der Waals surface area contributed by atoms with Gasteiger partial charge >= 0.3 is 0 Å². The number of hydrogen-bond acceptors (Lipinski definition) is 3. The minimum absolute atomic E-state index is 0.0130. The second kappa shape index (κ2) is 9.44. The maximum Gasteiger partial charge on any atom is 0.234 e. The van der Waals surface area contributed by atoms with E-state index in [1.54, 1.807) is 0 Å². The Balaban J connectivity index is 1.83.